The van der Waals surface area contributed by atoms with Gasteiger partial charge in [-0.05, 0) is 62.7 Å². The Bertz CT molecular complexity index is 862. The van der Waals surface area contributed by atoms with E-state index in [2.05, 4.69) is 22.3 Å². The summed E-state index contributed by atoms with van der Waals surface area (Å²) in [6.45, 7) is 8.87. The van der Waals surface area contributed by atoms with Crippen molar-refractivity contribution in [1.82, 2.24) is 10.2 Å². The third-order valence-electron chi connectivity index (χ3n) is 5.39. The average Bonchev–Trinajstić information content (AvgIpc) is 2.79. The Labute approximate surface area is 184 Å². The highest BCUT2D eigenvalue weighted by molar-refractivity contribution is 5.75. The number of hydrogen-bond donors (Lipinski definition) is 1. The molecule has 1 atom stereocenters. The molecule has 7 heteroatoms. The lowest BCUT2D eigenvalue weighted by atomic mass is 10.1. The minimum atomic E-state index is -0.144. The Hall–Kier alpha value is -3.09. The monoisotopic (exact) mass is 427 g/mol. The van der Waals surface area contributed by atoms with Crippen LogP contribution in [0.15, 0.2) is 42.5 Å². The molecule has 0 aliphatic carbocycles. The van der Waals surface area contributed by atoms with Gasteiger partial charge in [-0.2, -0.15) is 0 Å². The maximum atomic E-state index is 12.8. The molecule has 1 N–H and O–H groups in total. The van der Waals surface area contributed by atoms with Crippen molar-refractivity contribution in [2.75, 3.05) is 45.3 Å². The number of nitrogens with zero attached hydrogens (tertiary/aromatic N) is 2. The molecule has 0 saturated carbocycles. The first-order chi connectivity index (χ1) is 14.9. The van der Waals surface area contributed by atoms with E-state index in [9.17, 15) is 4.79 Å². The summed E-state index contributed by atoms with van der Waals surface area (Å²) >= 11 is 0. The van der Waals surface area contributed by atoms with Crippen LogP contribution in [0.25, 0.3) is 0 Å². The zero-order valence-electron chi connectivity index (χ0n) is 19.1. The van der Waals surface area contributed by atoms with Crippen LogP contribution in [0.3, 0.4) is 0 Å². The topological polar surface area (TPSA) is 63.3 Å². The van der Waals surface area contributed by atoms with Gasteiger partial charge in [-0.1, -0.05) is 6.07 Å². The average molecular weight is 428 g/mol. The molecule has 0 spiro atoms. The maximum absolute atomic E-state index is 12.8. The van der Waals surface area contributed by atoms with Crippen LogP contribution < -0.4 is 24.4 Å². The largest absolute Gasteiger partial charge is 0.497 e. The van der Waals surface area contributed by atoms with Gasteiger partial charge in [0.2, 0.25) is 0 Å². The summed E-state index contributed by atoms with van der Waals surface area (Å²) in [4.78, 5) is 16.9. The quantitative estimate of drug-likeness (QED) is 0.721. The van der Waals surface area contributed by atoms with E-state index in [1.165, 1.54) is 0 Å². The number of urea groups is 1. The predicted octanol–water partition coefficient (Wildman–Crippen LogP) is 4.08. The summed E-state index contributed by atoms with van der Waals surface area (Å²) in [6.07, 6.45) is 0.0634. The van der Waals surface area contributed by atoms with Crippen molar-refractivity contribution in [2.45, 2.75) is 32.9 Å². The van der Waals surface area contributed by atoms with Crippen LogP contribution in [0.2, 0.25) is 0 Å². The van der Waals surface area contributed by atoms with Gasteiger partial charge in [0.1, 0.15) is 5.75 Å². The lowest BCUT2D eigenvalue weighted by Crippen LogP contribution is -2.52. The van der Waals surface area contributed by atoms with Gasteiger partial charge in [0.15, 0.2) is 11.5 Å². The Morgan fingerprint density at radius 3 is 2.16 bits per heavy atom. The molecular formula is C24H33N3O4. The van der Waals surface area contributed by atoms with Crippen LogP contribution in [0.1, 0.15) is 32.4 Å². The van der Waals surface area contributed by atoms with Crippen molar-refractivity contribution in [1.29, 1.82) is 0 Å². The minimum absolute atomic E-state index is 0.0524. The summed E-state index contributed by atoms with van der Waals surface area (Å²) < 4.78 is 16.5. The number of benzene rings is 2. The van der Waals surface area contributed by atoms with Crippen LogP contribution in [0.5, 0.6) is 17.2 Å². The van der Waals surface area contributed by atoms with Gasteiger partial charge in [-0.25, -0.2) is 4.79 Å². The molecule has 2 amide bonds. The van der Waals surface area contributed by atoms with Crippen molar-refractivity contribution >= 4 is 11.7 Å². The molecule has 168 valence electrons. The third-order valence-corrected chi connectivity index (χ3v) is 5.39. The van der Waals surface area contributed by atoms with E-state index in [4.69, 9.17) is 14.2 Å². The fourth-order valence-corrected chi connectivity index (χ4v) is 3.63. The van der Waals surface area contributed by atoms with Crippen LogP contribution in [-0.2, 0) is 0 Å². The Morgan fingerprint density at radius 2 is 1.58 bits per heavy atom. The van der Waals surface area contributed by atoms with E-state index in [-0.39, 0.29) is 18.2 Å². The van der Waals surface area contributed by atoms with E-state index in [0.29, 0.717) is 24.6 Å². The molecule has 1 aliphatic heterocycles. The first kappa shape index (κ1) is 22.6. The second-order valence-electron chi connectivity index (χ2n) is 7.92. The molecule has 0 radical (unpaired) electrons. The van der Waals surface area contributed by atoms with Gasteiger partial charge in [0.25, 0.3) is 0 Å². The van der Waals surface area contributed by atoms with Gasteiger partial charge in [-0.15, -0.1) is 0 Å². The molecule has 1 saturated heterocycles. The van der Waals surface area contributed by atoms with Crippen LogP contribution in [-0.4, -0.2) is 57.4 Å². The van der Waals surface area contributed by atoms with E-state index in [1.54, 1.807) is 14.2 Å². The molecular weight excluding hydrogens is 394 g/mol. The zero-order valence-corrected chi connectivity index (χ0v) is 19.1. The molecule has 1 unspecified atom stereocenters. The van der Waals surface area contributed by atoms with E-state index in [1.807, 2.05) is 56.0 Å². The van der Waals surface area contributed by atoms with E-state index < -0.39 is 0 Å². The first-order valence-corrected chi connectivity index (χ1v) is 10.7. The number of ether oxygens (including phenoxy) is 3. The van der Waals surface area contributed by atoms with Crippen molar-refractivity contribution in [3.05, 3.63) is 48.0 Å². The van der Waals surface area contributed by atoms with E-state index >= 15 is 0 Å². The first-order valence-electron chi connectivity index (χ1n) is 10.7. The van der Waals surface area contributed by atoms with Crippen LogP contribution >= 0.6 is 0 Å². The fourth-order valence-electron chi connectivity index (χ4n) is 3.63. The van der Waals surface area contributed by atoms with E-state index in [0.717, 1.165) is 30.1 Å². The summed E-state index contributed by atoms with van der Waals surface area (Å²) in [7, 11) is 3.29. The molecule has 1 aliphatic rings. The fraction of sp³-hybridized carbons (Fsp3) is 0.458. The molecule has 2 aromatic rings. The Balaban J connectivity index is 1.55. The zero-order chi connectivity index (χ0) is 22.4. The lowest BCUT2D eigenvalue weighted by Gasteiger charge is -2.36. The minimum Gasteiger partial charge on any atom is -0.497 e. The third kappa shape index (κ3) is 5.75. The van der Waals surface area contributed by atoms with Crippen LogP contribution in [0, 0.1) is 0 Å². The number of rotatable bonds is 7. The number of carbonyl (C=O) groups is 1. The van der Waals surface area contributed by atoms with Gasteiger partial charge in [-0.3, -0.25) is 0 Å². The number of methoxy groups -OCH3 is 2. The lowest BCUT2D eigenvalue weighted by molar-refractivity contribution is 0.191. The van der Waals surface area contributed by atoms with Crippen molar-refractivity contribution in [3.63, 3.8) is 0 Å². The number of anilines is 1. The Kier molecular flexibility index (Phi) is 7.50. The Morgan fingerprint density at radius 1 is 0.903 bits per heavy atom. The molecule has 1 heterocycles. The van der Waals surface area contributed by atoms with Gasteiger partial charge in [0.05, 0.1) is 26.4 Å². The normalized spacial score (nSPS) is 14.9. The second-order valence-corrected chi connectivity index (χ2v) is 7.92. The number of carbonyl (C=O) groups excluding carboxylic acids is 1. The SMILES string of the molecule is COc1ccc(N2CCN(C(=O)NC(C)c3ccc(OC(C)C)c(OC)c3)CC2)cc1. The highest BCUT2D eigenvalue weighted by Crippen LogP contribution is 2.31. The summed E-state index contributed by atoms with van der Waals surface area (Å²) in [6, 6.07) is 13.6. The summed E-state index contributed by atoms with van der Waals surface area (Å²) in [5.74, 6) is 2.21. The smallest absolute Gasteiger partial charge is 0.317 e. The number of piperazine rings is 1. The predicted molar refractivity (Wildman–Crippen MR) is 122 cm³/mol. The highest BCUT2D eigenvalue weighted by Gasteiger charge is 2.23. The molecule has 1 fully saturated rings. The summed E-state index contributed by atoms with van der Waals surface area (Å²) in [5.41, 5.74) is 2.11. The number of nitrogens with one attached hydrogen (secondary N) is 1. The molecule has 0 aromatic heterocycles. The highest BCUT2D eigenvalue weighted by atomic mass is 16.5. The van der Waals surface area contributed by atoms with Gasteiger partial charge in [0, 0.05) is 31.9 Å². The number of hydrogen-bond acceptors (Lipinski definition) is 5. The molecule has 3 rings (SSSR count). The standard InChI is InChI=1S/C24H33N3O4/c1-17(2)31-22-11-6-19(16-23(22)30-5)18(3)25-24(28)27-14-12-26(13-15-27)20-7-9-21(29-4)10-8-20/h6-11,16-18H,12-15H2,1-5H3,(H,25,28). The molecule has 7 nitrogen and oxygen atoms in total. The van der Waals surface area contributed by atoms with Crippen molar-refractivity contribution < 1.29 is 19.0 Å². The molecule has 31 heavy (non-hydrogen) atoms. The second kappa shape index (κ2) is 10.3. The summed E-state index contributed by atoms with van der Waals surface area (Å²) in [5, 5.41) is 3.10. The van der Waals surface area contributed by atoms with Crippen LogP contribution in [0.4, 0.5) is 10.5 Å². The molecule has 0 bridgehead atoms. The number of amides is 2. The van der Waals surface area contributed by atoms with Crippen molar-refractivity contribution in [2.24, 2.45) is 0 Å². The van der Waals surface area contributed by atoms with Gasteiger partial charge < -0.3 is 29.3 Å². The van der Waals surface area contributed by atoms with Crippen molar-refractivity contribution in [3.8, 4) is 17.2 Å². The van der Waals surface area contributed by atoms with Gasteiger partial charge >= 0.3 is 6.03 Å². The maximum Gasteiger partial charge on any atom is 0.317 e. The molecule has 2 aromatic carbocycles.